The van der Waals surface area contributed by atoms with Crippen LogP contribution in [-0.2, 0) is 12.8 Å². The molecule has 2 aromatic carbocycles. The predicted octanol–water partition coefficient (Wildman–Crippen LogP) is 4.48. The van der Waals surface area contributed by atoms with Gasteiger partial charge in [0, 0.05) is 10.9 Å². The molecule has 0 radical (unpaired) electrons. The molecule has 0 bridgehead atoms. The number of hydrogen-bond acceptors (Lipinski definition) is 2. The Morgan fingerprint density at radius 2 is 1.70 bits per heavy atom. The SMILES string of the molecule is O=C(O)c1c2c(nc3ccccc13)-c1ccccc1CCCC2. The van der Waals surface area contributed by atoms with Crippen molar-refractivity contribution < 1.29 is 9.90 Å². The Hall–Kier alpha value is -2.68. The monoisotopic (exact) mass is 303 g/mol. The van der Waals surface area contributed by atoms with Crippen molar-refractivity contribution in [1.29, 1.82) is 0 Å². The molecule has 3 nitrogen and oxygen atoms in total. The maximum atomic E-state index is 12.0. The first-order chi connectivity index (χ1) is 11.3. The average molecular weight is 303 g/mol. The Morgan fingerprint density at radius 3 is 2.57 bits per heavy atom. The maximum Gasteiger partial charge on any atom is 0.336 e. The van der Waals surface area contributed by atoms with E-state index in [0.717, 1.165) is 53.4 Å². The van der Waals surface area contributed by atoms with Gasteiger partial charge in [-0.1, -0.05) is 42.5 Å². The zero-order valence-corrected chi connectivity index (χ0v) is 12.7. The molecular weight excluding hydrogens is 286 g/mol. The molecule has 0 fully saturated rings. The number of para-hydroxylation sites is 1. The Kier molecular flexibility index (Phi) is 3.34. The second kappa shape index (κ2) is 5.51. The van der Waals surface area contributed by atoms with Gasteiger partial charge in [-0.15, -0.1) is 0 Å². The molecule has 0 saturated heterocycles. The fourth-order valence-corrected chi connectivity index (χ4v) is 3.55. The summed E-state index contributed by atoms with van der Waals surface area (Å²) in [7, 11) is 0. The summed E-state index contributed by atoms with van der Waals surface area (Å²) in [4.78, 5) is 16.8. The molecule has 0 amide bonds. The number of fused-ring (bicyclic) bond motifs is 4. The molecule has 1 heterocycles. The summed E-state index contributed by atoms with van der Waals surface area (Å²) in [5, 5.41) is 10.6. The highest BCUT2D eigenvalue weighted by atomic mass is 16.4. The molecule has 114 valence electrons. The summed E-state index contributed by atoms with van der Waals surface area (Å²) in [5.41, 5.74) is 5.23. The molecule has 3 aromatic rings. The van der Waals surface area contributed by atoms with E-state index in [1.807, 2.05) is 36.4 Å². The molecule has 1 aliphatic rings. The van der Waals surface area contributed by atoms with E-state index in [1.165, 1.54) is 5.56 Å². The molecule has 23 heavy (non-hydrogen) atoms. The minimum atomic E-state index is -0.863. The van der Waals surface area contributed by atoms with Crippen molar-refractivity contribution in [2.45, 2.75) is 25.7 Å². The van der Waals surface area contributed by atoms with Gasteiger partial charge in [-0.2, -0.15) is 0 Å². The molecule has 0 aliphatic heterocycles. The first-order valence-electron chi connectivity index (χ1n) is 7.99. The number of hydrogen-bond donors (Lipinski definition) is 1. The second-order valence-electron chi connectivity index (χ2n) is 6.00. The zero-order chi connectivity index (χ0) is 15.8. The van der Waals surface area contributed by atoms with Crippen LogP contribution in [0.3, 0.4) is 0 Å². The Balaban J connectivity index is 2.13. The molecule has 4 rings (SSSR count). The van der Waals surface area contributed by atoms with Crippen LogP contribution in [-0.4, -0.2) is 16.1 Å². The van der Waals surface area contributed by atoms with E-state index in [1.54, 1.807) is 0 Å². The van der Waals surface area contributed by atoms with E-state index < -0.39 is 5.97 Å². The Labute approximate surface area is 134 Å². The molecule has 0 spiro atoms. The number of carboxylic acids is 1. The van der Waals surface area contributed by atoms with Crippen LogP contribution in [0.15, 0.2) is 48.5 Å². The largest absolute Gasteiger partial charge is 0.478 e. The molecular formula is C20H17NO2. The van der Waals surface area contributed by atoms with Crippen LogP contribution in [0.25, 0.3) is 22.2 Å². The second-order valence-corrected chi connectivity index (χ2v) is 6.00. The van der Waals surface area contributed by atoms with Crippen molar-refractivity contribution >= 4 is 16.9 Å². The van der Waals surface area contributed by atoms with Gasteiger partial charge < -0.3 is 5.11 Å². The van der Waals surface area contributed by atoms with Crippen molar-refractivity contribution in [2.75, 3.05) is 0 Å². The fourth-order valence-electron chi connectivity index (χ4n) is 3.55. The lowest BCUT2D eigenvalue weighted by atomic mass is 9.87. The van der Waals surface area contributed by atoms with Crippen molar-refractivity contribution in [3.8, 4) is 11.3 Å². The van der Waals surface area contributed by atoms with Gasteiger partial charge >= 0.3 is 5.97 Å². The summed E-state index contributed by atoms with van der Waals surface area (Å²) >= 11 is 0. The lowest BCUT2D eigenvalue weighted by molar-refractivity contribution is 0.0698. The van der Waals surface area contributed by atoms with E-state index in [9.17, 15) is 9.90 Å². The van der Waals surface area contributed by atoms with Gasteiger partial charge in [0.25, 0.3) is 0 Å². The van der Waals surface area contributed by atoms with Gasteiger partial charge in [-0.05, 0) is 42.9 Å². The van der Waals surface area contributed by atoms with Crippen molar-refractivity contribution in [2.24, 2.45) is 0 Å². The minimum absolute atomic E-state index is 0.419. The summed E-state index contributed by atoms with van der Waals surface area (Å²) in [6.07, 6.45) is 3.85. The number of nitrogens with zero attached hydrogens (tertiary/aromatic N) is 1. The molecule has 1 aliphatic carbocycles. The van der Waals surface area contributed by atoms with Gasteiger partial charge in [0.15, 0.2) is 0 Å². The third-order valence-electron chi connectivity index (χ3n) is 4.60. The molecule has 1 N–H and O–H groups in total. The predicted molar refractivity (Wildman–Crippen MR) is 90.8 cm³/mol. The minimum Gasteiger partial charge on any atom is -0.478 e. The number of carbonyl (C=O) groups is 1. The third-order valence-corrected chi connectivity index (χ3v) is 4.60. The number of benzene rings is 2. The average Bonchev–Trinajstić information content (AvgIpc) is 2.55. The normalized spacial score (nSPS) is 13.7. The smallest absolute Gasteiger partial charge is 0.336 e. The van der Waals surface area contributed by atoms with E-state index in [4.69, 9.17) is 4.98 Å². The van der Waals surface area contributed by atoms with Crippen LogP contribution in [0.4, 0.5) is 0 Å². The lowest BCUT2D eigenvalue weighted by Crippen LogP contribution is -2.10. The first kappa shape index (κ1) is 13.9. The van der Waals surface area contributed by atoms with Crippen LogP contribution in [0.5, 0.6) is 0 Å². The van der Waals surface area contributed by atoms with Crippen LogP contribution >= 0.6 is 0 Å². The highest BCUT2D eigenvalue weighted by molar-refractivity contribution is 6.05. The van der Waals surface area contributed by atoms with E-state index >= 15 is 0 Å². The van der Waals surface area contributed by atoms with Crippen LogP contribution in [0, 0.1) is 0 Å². The summed E-state index contributed by atoms with van der Waals surface area (Å²) < 4.78 is 0. The van der Waals surface area contributed by atoms with Crippen LogP contribution in [0.2, 0.25) is 0 Å². The summed E-state index contributed by atoms with van der Waals surface area (Å²) in [6, 6.07) is 15.8. The standard InChI is InChI=1S/C20H17NO2/c22-20(23)18-15-10-5-6-12-17(15)21-19-14-9-3-1-7-13(14)8-2-4-11-16(18)19/h1,3,5-7,9-10,12H,2,4,8,11H2,(H,22,23). The van der Waals surface area contributed by atoms with Gasteiger partial charge in [-0.3, -0.25) is 0 Å². The number of aromatic carboxylic acids is 1. The molecule has 0 atom stereocenters. The lowest BCUT2D eigenvalue weighted by Gasteiger charge is -2.19. The highest BCUT2D eigenvalue weighted by Crippen LogP contribution is 2.35. The number of rotatable bonds is 1. The van der Waals surface area contributed by atoms with E-state index in [0.29, 0.717) is 5.56 Å². The van der Waals surface area contributed by atoms with Crippen LogP contribution in [0.1, 0.15) is 34.3 Å². The summed E-state index contributed by atoms with van der Waals surface area (Å²) in [6.45, 7) is 0. The van der Waals surface area contributed by atoms with Crippen molar-refractivity contribution in [1.82, 2.24) is 4.98 Å². The quantitative estimate of drug-likeness (QED) is 0.721. The Morgan fingerprint density at radius 1 is 0.957 bits per heavy atom. The molecule has 1 aromatic heterocycles. The molecule has 0 unspecified atom stereocenters. The number of pyridine rings is 1. The third kappa shape index (κ3) is 2.29. The first-order valence-corrected chi connectivity index (χ1v) is 7.99. The summed E-state index contributed by atoms with van der Waals surface area (Å²) in [5.74, 6) is -0.863. The highest BCUT2D eigenvalue weighted by Gasteiger charge is 2.23. The van der Waals surface area contributed by atoms with Crippen molar-refractivity contribution in [3.63, 3.8) is 0 Å². The maximum absolute atomic E-state index is 12.0. The fraction of sp³-hybridized carbons (Fsp3) is 0.200. The Bertz CT molecular complexity index is 915. The zero-order valence-electron chi connectivity index (χ0n) is 12.7. The molecule has 0 saturated carbocycles. The van der Waals surface area contributed by atoms with Crippen LogP contribution < -0.4 is 0 Å². The van der Waals surface area contributed by atoms with E-state index in [2.05, 4.69) is 12.1 Å². The van der Waals surface area contributed by atoms with Gasteiger partial charge in [0.1, 0.15) is 0 Å². The van der Waals surface area contributed by atoms with Gasteiger partial charge in [0.05, 0.1) is 16.8 Å². The van der Waals surface area contributed by atoms with E-state index in [-0.39, 0.29) is 0 Å². The van der Waals surface area contributed by atoms with Gasteiger partial charge in [0.2, 0.25) is 0 Å². The topological polar surface area (TPSA) is 50.2 Å². The van der Waals surface area contributed by atoms with Gasteiger partial charge in [-0.25, -0.2) is 9.78 Å². The van der Waals surface area contributed by atoms with Crippen molar-refractivity contribution in [3.05, 3.63) is 65.2 Å². The molecule has 3 heteroatoms. The number of carboxylic acid groups (broad SMARTS) is 1. The number of aryl methyl sites for hydroxylation is 1. The number of aromatic nitrogens is 1.